The van der Waals surface area contributed by atoms with Crippen molar-refractivity contribution in [3.8, 4) is 11.5 Å². The summed E-state index contributed by atoms with van der Waals surface area (Å²) < 4.78 is 45.5. The molecule has 0 unspecified atom stereocenters. The Hall–Kier alpha value is -5.02. The van der Waals surface area contributed by atoms with E-state index >= 15 is 0 Å². The molecule has 4 aromatic carbocycles. The highest BCUT2D eigenvalue weighted by atomic mass is 19.1. The van der Waals surface area contributed by atoms with Crippen LogP contribution in [0.15, 0.2) is 108 Å². The molecule has 7 nitrogen and oxygen atoms in total. The van der Waals surface area contributed by atoms with Crippen LogP contribution in [0.1, 0.15) is 41.2 Å². The van der Waals surface area contributed by atoms with E-state index in [4.69, 9.17) is 24.3 Å². The molecule has 0 saturated heterocycles. The van der Waals surface area contributed by atoms with E-state index in [9.17, 15) is 13.6 Å². The summed E-state index contributed by atoms with van der Waals surface area (Å²) in [4.78, 5) is 19.2. The maximum atomic E-state index is 14.3. The molecule has 2 atom stereocenters. The van der Waals surface area contributed by atoms with Crippen LogP contribution in [0.5, 0.6) is 11.5 Å². The minimum atomic E-state index is -1.49. The molecule has 232 valence electrons. The SMILES string of the molecule is COc1cccc([C@H]2OC(c3ccc(OCCCO)cc3)=N[C@@]2(C/C=C/c2ccccc2)C(=O)NCc2cc(F)cc(F)c2)c1. The number of nitrogens with one attached hydrogen (secondary N) is 1. The van der Waals surface area contributed by atoms with Gasteiger partial charge in [-0.05, 0) is 65.2 Å². The fraction of sp³-hybridized carbons (Fsp3) is 0.222. The number of benzene rings is 4. The van der Waals surface area contributed by atoms with Gasteiger partial charge in [-0.15, -0.1) is 0 Å². The number of aliphatic hydroxyl groups excluding tert-OH is 1. The first kappa shape index (κ1) is 31.4. The van der Waals surface area contributed by atoms with Gasteiger partial charge in [-0.1, -0.05) is 54.6 Å². The third-order valence-corrected chi connectivity index (χ3v) is 7.34. The van der Waals surface area contributed by atoms with E-state index in [0.717, 1.165) is 11.6 Å². The lowest BCUT2D eigenvalue weighted by molar-refractivity contribution is -0.129. The highest BCUT2D eigenvalue weighted by molar-refractivity contribution is 6.01. The van der Waals surface area contributed by atoms with Gasteiger partial charge < -0.3 is 24.6 Å². The van der Waals surface area contributed by atoms with Crippen LogP contribution in [0, 0.1) is 11.6 Å². The van der Waals surface area contributed by atoms with E-state index in [1.807, 2.05) is 54.6 Å². The van der Waals surface area contributed by atoms with E-state index in [0.29, 0.717) is 35.7 Å². The maximum absolute atomic E-state index is 14.3. The molecule has 5 rings (SSSR count). The predicted molar refractivity (Wildman–Crippen MR) is 168 cm³/mol. The first-order chi connectivity index (χ1) is 21.9. The molecule has 2 N–H and O–H groups in total. The molecule has 45 heavy (non-hydrogen) atoms. The Morgan fingerprint density at radius 1 is 0.978 bits per heavy atom. The number of carbonyl (C=O) groups excluding carboxylic acids is 1. The molecule has 0 fully saturated rings. The number of ether oxygens (including phenoxy) is 3. The van der Waals surface area contributed by atoms with E-state index in [2.05, 4.69) is 5.32 Å². The average molecular weight is 613 g/mol. The van der Waals surface area contributed by atoms with Crippen molar-refractivity contribution in [2.45, 2.75) is 31.0 Å². The number of methoxy groups -OCH3 is 1. The minimum Gasteiger partial charge on any atom is -0.497 e. The number of hydrogen-bond acceptors (Lipinski definition) is 6. The summed E-state index contributed by atoms with van der Waals surface area (Å²) in [6, 6.07) is 27.2. The van der Waals surface area contributed by atoms with Crippen LogP contribution < -0.4 is 14.8 Å². The van der Waals surface area contributed by atoms with Crippen molar-refractivity contribution in [3.63, 3.8) is 0 Å². The van der Waals surface area contributed by atoms with Gasteiger partial charge in [-0.3, -0.25) is 4.79 Å². The van der Waals surface area contributed by atoms with Crippen LogP contribution in [0.25, 0.3) is 6.08 Å². The van der Waals surface area contributed by atoms with Crippen molar-refractivity contribution in [1.82, 2.24) is 5.32 Å². The molecular formula is C36H34F2N2O5. The first-order valence-electron chi connectivity index (χ1n) is 14.6. The quantitative estimate of drug-likeness (QED) is 0.170. The summed E-state index contributed by atoms with van der Waals surface area (Å²) in [7, 11) is 1.56. The number of hydrogen-bond donors (Lipinski definition) is 2. The highest BCUT2D eigenvalue weighted by Gasteiger charge is 2.52. The fourth-order valence-electron chi connectivity index (χ4n) is 5.11. The minimum absolute atomic E-state index is 0.0331. The zero-order chi connectivity index (χ0) is 31.6. The highest BCUT2D eigenvalue weighted by Crippen LogP contribution is 2.43. The smallest absolute Gasteiger partial charge is 0.252 e. The second-order valence-electron chi connectivity index (χ2n) is 10.5. The number of halogens is 2. The fourth-order valence-corrected chi connectivity index (χ4v) is 5.11. The summed E-state index contributed by atoms with van der Waals surface area (Å²) in [5.41, 5.74) is 1.02. The molecule has 0 radical (unpaired) electrons. The Balaban J connectivity index is 1.54. The lowest BCUT2D eigenvalue weighted by Gasteiger charge is -2.30. The Kier molecular flexibility index (Phi) is 10.2. The van der Waals surface area contributed by atoms with Crippen molar-refractivity contribution >= 4 is 17.9 Å². The number of nitrogens with zero attached hydrogens (tertiary/aromatic N) is 1. The molecular weight excluding hydrogens is 578 g/mol. The third-order valence-electron chi connectivity index (χ3n) is 7.34. The number of rotatable bonds is 13. The summed E-state index contributed by atoms with van der Waals surface area (Å²) in [6.07, 6.45) is 3.58. The van der Waals surface area contributed by atoms with Crippen LogP contribution in [0.4, 0.5) is 8.78 Å². The molecule has 0 saturated carbocycles. The number of aliphatic imine (C=N–C) groups is 1. The van der Waals surface area contributed by atoms with Crippen LogP contribution in [0.2, 0.25) is 0 Å². The Bertz CT molecular complexity index is 1640. The van der Waals surface area contributed by atoms with Crippen molar-refractivity contribution in [2.24, 2.45) is 4.99 Å². The van der Waals surface area contributed by atoms with Crippen molar-refractivity contribution in [3.05, 3.63) is 137 Å². The molecule has 0 bridgehead atoms. The zero-order valence-corrected chi connectivity index (χ0v) is 24.8. The summed E-state index contributed by atoms with van der Waals surface area (Å²) in [5.74, 6) is -0.489. The normalized spacial score (nSPS) is 17.5. The molecule has 1 amide bonds. The molecule has 0 aliphatic carbocycles. The molecule has 0 aromatic heterocycles. The monoisotopic (exact) mass is 612 g/mol. The Morgan fingerprint density at radius 2 is 1.73 bits per heavy atom. The molecule has 9 heteroatoms. The van der Waals surface area contributed by atoms with E-state index < -0.39 is 29.2 Å². The average Bonchev–Trinajstić information content (AvgIpc) is 3.45. The second-order valence-corrected chi connectivity index (χ2v) is 10.5. The maximum Gasteiger partial charge on any atom is 0.252 e. The van der Waals surface area contributed by atoms with Gasteiger partial charge in [0.1, 0.15) is 23.1 Å². The summed E-state index contributed by atoms with van der Waals surface area (Å²) >= 11 is 0. The van der Waals surface area contributed by atoms with E-state index in [1.54, 1.807) is 43.5 Å². The molecule has 0 spiro atoms. The number of amides is 1. The van der Waals surface area contributed by atoms with Crippen molar-refractivity contribution < 1.29 is 32.9 Å². The van der Waals surface area contributed by atoms with Gasteiger partial charge in [0.25, 0.3) is 5.91 Å². The molecule has 4 aromatic rings. The van der Waals surface area contributed by atoms with Gasteiger partial charge in [0.05, 0.1) is 13.7 Å². The van der Waals surface area contributed by atoms with Gasteiger partial charge in [0.2, 0.25) is 5.90 Å². The lowest BCUT2D eigenvalue weighted by Crippen LogP contribution is -2.47. The summed E-state index contributed by atoms with van der Waals surface area (Å²) in [6.45, 7) is 0.288. The van der Waals surface area contributed by atoms with Gasteiger partial charge in [-0.2, -0.15) is 0 Å². The van der Waals surface area contributed by atoms with E-state index in [1.165, 1.54) is 12.1 Å². The van der Waals surface area contributed by atoms with Crippen molar-refractivity contribution in [1.29, 1.82) is 0 Å². The van der Waals surface area contributed by atoms with Crippen LogP contribution in [0.3, 0.4) is 0 Å². The molecule has 1 aliphatic rings. The third kappa shape index (κ3) is 7.74. The lowest BCUT2D eigenvalue weighted by atomic mass is 9.84. The van der Waals surface area contributed by atoms with Gasteiger partial charge in [0, 0.05) is 37.6 Å². The van der Waals surface area contributed by atoms with Gasteiger partial charge in [-0.25, -0.2) is 13.8 Å². The molecule has 1 aliphatic heterocycles. The van der Waals surface area contributed by atoms with Gasteiger partial charge in [0.15, 0.2) is 11.6 Å². The second kappa shape index (κ2) is 14.6. The topological polar surface area (TPSA) is 89.4 Å². The van der Waals surface area contributed by atoms with Crippen LogP contribution in [-0.4, -0.2) is 42.8 Å². The number of carbonyl (C=O) groups is 1. The van der Waals surface area contributed by atoms with Crippen LogP contribution >= 0.6 is 0 Å². The Morgan fingerprint density at radius 3 is 2.44 bits per heavy atom. The van der Waals surface area contributed by atoms with Crippen LogP contribution in [-0.2, 0) is 16.1 Å². The van der Waals surface area contributed by atoms with E-state index in [-0.39, 0.29) is 31.0 Å². The Labute approximate surface area is 260 Å². The van der Waals surface area contributed by atoms with Crippen molar-refractivity contribution in [2.75, 3.05) is 20.3 Å². The summed E-state index contributed by atoms with van der Waals surface area (Å²) in [5, 5.41) is 11.9. The zero-order valence-electron chi connectivity index (χ0n) is 24.8. The standard InChI is InChI=1S/C36H34F2N2O5/c1-43-32-12-5-11-28(22-32)33-36(17-6-10-25-8-3-2-4-9-25,35(42)39-24-26-20-29(37)23-30(38)21-26)40-34(45-33)27-13-15-31(16-14-27)44-19-7-18-41/h2-6,8-16,20-23,33,41H,7,17-19,24H2,1H3,(H,39,42)/b10-6+/t33-,36-/m1/s1. The largest absolute Gasteiger partial charge is 0.497 e. The predicted octanol–water partition coefficient (Wildman–Crippen LogP) is 6.41. The first-order valence-corrected chi connectivity index (χ1v) is 14.6. The number of aliphatic hydroxyl groups is 1. The van der Waals surface area contributed by atoms with Gasteiger partial charge >= 0.3 is 0 Å². The molecule has 1 heterocycles.